The van der Waals surface area contributed by atoms with Crippen LogP contribution in [0.3, 0.4) is 0 Å². The lowest BCUT2D eigenvalue weighted by molar-refractivity contribution is -0.133. The SMILES string of the molecule is CCC1=CNC(C)(C(=O)N(C)[O-])C1. The highest BCUT2D eigenvalue weighted by atomic mass is 16.5. The van der Waals surface area contributed by atoms with Crippen molar-refractivity contribution in [1.29, 1.82) is 0 Å². The van der Waals surface area contributed by atoms with E-state index in [0.717, 1.165) is 6.42 Å². The molecule has 0 fully saturated rings. The molecule has 4 nitrogen and oxygen atoms in total. The van der Waals surface area contributed by atoms with Crippen molar-refractivity contribution in [2.45, 2.75) is 32.2 Å². The second-order valence-electron chi connectivity index (χ2n) is 3.61. The van der Waals surface area contributed by atoms with E-state index in [2.05, 4.69) is 5.32 Å². The Bertz CT molecular complexity index is 248. The Kier molecular flexibility index (Phi) is 2.61. The van der Waals surface area contributed by atoms with Gasteiger partial charge in [-0.2, -0.15) is 0 Å². The first-order chi connectivity index (χ1) is 5.99. The minimum atomic E-state index is -0.720. The summed E-state index contributed by atoms with van der Waals surface area (Å²) in [5.41, 5.74) is 0.458. The van der Waals surface area contributed by atoms with E-state index < -0.39 is 11.4 Å². The number of hydrogen-bond donors (Lipinski definition) is 1. The number of hydrogen-bond acceptors (Lipinski definition) is 3. The van der Waals surface area contributed by atoms with Crippen LogP contribution < -0.4 is 5.32 Å². The topological polar surface area (TPSA) is 55.4 Å². The van der Waals surface area contributed by atoms with Crippen LogP contribution in [0.1, 0.15) is 26.7 Å². The number of hydroxylamine groups is 2. The predicted molar refractivity (Wildman–Crippen MR) is 50.7 cm³/mol. The van der Waals surface area contributed by atoms with Crippen LogP contribution in [0.2, 0.25) is 0 Å². The van der Waals surface area contributed by atoms with Crippen molar-refractivity contribution in [3.63, 3.8) is 0 Å². The van der Waals surface area contributed by atoms with Gasteiger partial charge in [0.15, 0.2) is 0 Å². The molecule has 4 heteroatoms. The van der Waals surface area contributed by atoms with E-state index in [9.17, 15) is 10.0 Å². The Hall–Kier alpha value is -1.03. The van der Waals surface area contributed by atoms with Gasteiger partial charge in [-0.3, -0.25) is 4.79 Å². The van der Waals surface area contributed by atoms with E-state index in [1.54, 1.807) is 6.92 Å². The van der Waals surface area contributed by atoms with E-state index in [4.69, 9.17) is 0 Å². The summed E-state index contributed by atoms with van der Waals surface area (Å²) in [5.74, 6) is -0.410. The first-order valence-electron chi connectivity index (χ1n) is 4.40. The van der Waals surface area contributed by atoms with Gasteiger partial charge in [-0.1, -0.05) is 12.5 Å². The zero-order valence-corrected chi connectivity index (χ0v) is 8.26. The van der Waals surface area contributed by atoms with Gasteiger partial charge in [0.25, 0.3) is 0 Å². The van der Waals surface area contributed by atoms with Crippen molar-refractivity contribution >= 4 is 5.91 Å². The predicted octanol–water partition coefficient (Wildman–Crippen LogP) is 0.989. The van der Waals surface area contributed by atoms with Gasteiger partial charge in [0.2, 0.25) is 5.91 Å². The molecule has 1 aliphatic heterocycles. The fraction of sp³-hybridized carbons (Fsp3) is 0.667. The van der Waals surface area contributed by atoms with Gasteiger partial charge in [0.05, 0.1) is 0 Å². The third kappa shape index (κ3) is 1.83. The molecule has 1 heterocycles. The molecule has 0 aromatic carbocycles. The summed E-state index contributed by atoms with van der Waals surface area (Å²) < 4.78 is 0. The quantitative estimate of drug-likeness (QED) is 0.649. The zero-order chi connectivity index (χ0) is 10.1. The molecule has 1 amide bonds. The number of amides is 1. The summed E-state index contributed by atoms with van der Waals surface area (Å²) in [6.45, 7) is 3.79. The summed E-state index contributed by atoms with van der Waals surface area (Å²) in [4.78, 5) is 11.4. The Morgan fingerprint density at radius 1 is 1.85 bits per heavy atom. The molecule has 0 aliphatic carbocycles. The smallest absolute Gasteiger partial charge is 0.237 e. The Morgan fingerprint density at radius 2 is 2.46 bits per heavy atom. The molecular weight excluding hydrogens is 168 g/mol. The van der Waals surface area contributed by atoms with Crippen molar-refractivity contribution in [2.24, 2.45) is 0 Å². The molecule has 1 aliphatic rings. The molecule has 0 radical (unpaired) electrons. The largest absolute Gasteiger partial charge is 0.756 e. The molecule has 1 unspecified atom stereocenters. The van der Waals surface area contributed by atoms with E-state index in [1.165, 1.54) is 12.6 Å². The highest BCUT2D eigenvalue weighted by molar-refractivity contribution is 5.87. The fourth-order valence-corrected chi connectivity index (χ4v) is 1.53. The second-order valence-corrected chi connectivity index (χ2v) is 3.61. The Morgan fingerprint density at radius 3 is 2.85 bits per heavy atom. The van der Waals surface area contributed by atoms with Gasteiger partial charge in [-0.15, -0.1) is 0 Å². The van der Waals surface area contributed by atoms with Gasteiger partial charge in [-0.05, 0) is 26.6 Å². The Labute approximate surface area is 78.2 Å². The molecule has 0 saturated carbocycles. The number of nitrogens with zero attached hydrogens (tertiary/aromatic N) is 1. The molecule has 0 spiro atoms. The van der Waals surface area contributed by atoms with Gasteiger partial charge in [-0.25, -0.2) is 0 Å². The van der Waals surface area contributed by atoms with Crippen LogP contribution in [0.5, 0.6) is 0 Å². The summed E-state index contributed by atoms with van der Waals surface area (Å²) in [6, 6.07) is 0. The molecule has 0 aromatic heterocycles. The zero-order valence-electron chi connectivity index (χ0n) is 8.26. The molecule has 1 rings (SSSR count). The van der Waals surface area contributed by atoms with Crippen molar-refractivity contribution in [2.75, 3.05) is 7.05 Å². The van der Waals surface area contributed by atoms with Gasteiger partial charge < -0.3 is 15.6 Å². The average molecular weight is 183 g/mol. The maximum absolute atomic E-state index is 11.4. The van der Waals surface area contributed by atoms with Gasteiger partial charge >= 0.3 is 0 Å². The normalized spacial score (nSPS) is 26.6. The summed E-state index contributed by atoms with van der Waals surface area (Å²) in [6.07, 6.45) is 3.38. The maximum Gasteiger partial charge on any atom is 0.237 e. The van der Waals surface area contributed by atoms with Gasteiger partial charge in [0.1, 0.15) is 5.54 Å². The molecule has 0 bridgehead atoms. The van der Waals surface area contributed by atoms with Crippen molar-refractivity contribution in [3.8, 4) is 0 Å². The molecule has 1 atom stereocenters. The van der Waals surface area contributed by atoms with Crippen LogP contribution in [0.25, 0.3) is 0 Å². The number of carbonyl (C=O) groups excluding carboxylic acids is 1. The molecular formula is C9H15N2O2-. The molecule has 0 saturated heterocycles. The first kappa shape index (κ1) is 10.1. The number of carbonyl (C=O) groups is 1. The maximum atomic E-state index is 11.4. The standard InChI is InChI=1S/C9H15N2O2/c1-4-7-5-9(2,10-6-7)8(12)11(3)13/h6,10H,4-5H2,1-3H3/q-1. The van der Waals surface area contributed by atoms with Gasteiger partial charge in [0, 0.05) is 6.42 Å². The van der Waals surface area contributed by atoms with Crippen LogP contribution in [0.4, 0.5) is 0 Å². The third-order valence-corrected chi connectivity index (χ3v) is 2.39. The minimum Gasteiger partial charge on any atom is -0.756 e. The second kappa shape index (κ2) is 3.38. The van der Waals surface area contributed by atoms with E-state index in [0.29, 0.717) is 11.5 Å². The molecule has 1 N–H and O–H groups in total. The van der Waals surface area contributed by atoms with Crippen molar-refractivity contribution < 1.29 is 4.79 Å². The lowest BCUT2D eigenvalue weighted by atomic mass is 9.95. The van der Waals surface area contributed by atoms with Crippen LogP contribution in [0.15, 0.2) is 11.8 Å². The lowest BCUT2D eigenvalue weighted by Crippen LogP contribution is -2.49. The van der Waals surface area contributed by atoms with Crippen LogP contribution in [-0.2, 0) is 4.79 Å². The fourth-order valence-electron chi connectivity index (χ4n) is 1.53. The molecule has 74 valence electrons. The highest BCUT2D eigenvalue weighted by Gasteiger charge is 2.36. The van der Waals surface area contributed by atoms with E-state index in [-0.39, 0.29) is 0 Å². The molecule has 13 heavy (non-hydrogen) atoms. The summed E-state index contributed by atoms with van der Waals surface area (Å²) >= 11 is 0. The number of nitrogens with one attached hydrogen (secondary N) is 1. The van der Waals surface area contributed by atoms with Crippen LogP contribution in [-0.4, -0.2) is 23.6 Å². The van der Waals surface area contributed by atoms with E-state index in [1.807, 2.05) is 13.1 Å². The number of likely N-dealkylation sites (N-methyl/N-ethyl adjacent to an activating group) is 1. The van der Waals surface area contributed by atoms with Crippen LogP contribution >= 0.6 is 0 Å². The first-order valence-corrected chi connectivity index (χ1v) is 4.40. The van der Waals surface area contributed by atoms with E-state index >= 15 is 0 Å². The summed E-state index contributed by atoms with van der Waals surface area (Å²) in [7, 11) is 1.24. The lowest BCUT2D eigenvalue weighted by Gasteiger charge is -2.33. The monoisotopic (exact) mass is 183 g/mol. The number of rotatable bonds is 2. The van der Waals surface area contributed by atoms with Crippen molar-refractivity contribution in [3.05, 3.63) is 17.0 Å². The summed E-state index contributed by atoms with van der Waals surface area (Å²) in [5, 5.41) is 14.2. The Balaban J connectivity index is 2.68. The average Bonchev–Trinajstić information content (AvgIpc) is 2.47. The highest BCUT2D eigenvalue weighted by Crippen LogP contribution is 2.25. The third-order valence-electron chi connectivity index (χ3n) is 2.39. The van der Waals surface area contributed by atoms with Crippen molar-refractivity contribution in [1.82, 2.24) is 10.4 Å². The molecule has 0 aromatic rings. The minimum absolute atomic E-state index is 0.388. The van der Waals surface area contributed by atoms with Crippen LogP contribution in [0, 0.1) is 5.21 Å².